The molecule has 12 nitrogen and oxygen atoms in total. The summed E-state index contributed by atoms with van der Waals surface area (Å²) in [6, 6.07) is 15.3. The molecule has 12 heteroatoms. The molecule has 2 saturated heterocycles. The van der Waals surface area contributed by atoms with Gasteiger partial charge in [0.15, 0.2) is 5.78 Å². The lowest BCUT2D eigenvalue weighted by molar-refractivity contribution is -0.135. The molecular formula is C40H57N5O7. The molecule has 2 aromatic rings. The van der Waals surface area contributed by atoms with Crippen LogP contribution in [-0.2, 0) is 46.3 Å². The van der Waals surface area contributed by atoms with Gasteiger partial charge < -0.3 is 30.7 Å². The van der Waals surface area contributed by atoms with E-state index in [4.69, 9.17) is 9.47 Å². The Balaban J connectivity index is 1.51. The van der Waals surface area contributed by atoms with Crippen molar-refractivity contribution in [1.82, 2.24) is 26.2 Å². The fraction of sp³-hybridized carbons (Fsp3) is 0.575. The van der Waals surface area contributed by atoms with Gasteiger partial charge in [-0.3, -0.25) is 28.9 Å². The molecule has 52 heavy (non-hydrogen) atoms. The van der Waals surface area contributed by atoms with E-state index in [1.165, 1.54) is 0 Å². The summed E-state index contributed by atoms with van der Waals surface area (Å²) in [6.07, 6.45) is 1.76. The Hall–Kier alpha value is -4.13. The van der Waals surface area contributed by atoms with Crippen LogP contribution in [0, 0.1) is 11.8 Å². The number of epoxide rings is 1. The van der Waals surface area contributed by atoms with Crippen LogP contribution in [-0.4, -0.2) is 104 Å². The molecule has 2 aliphatic heterocycles. The van der Waals surface area contributed by atoms with E-state index in [1.807, 2.05) is 93.3 Å². The topological polar surface area (TPSA) is 158 Å². The van der Waals surface area contributed by atoms with Crippen LogP contribution in [0.2, 0.25) is 0 Å². The first-order chi connectivity index (χ1) is 24.8. The quantitative estimate of drug-likeness (QED) is 0.152. The third-order valence-corrected chi connectivity index (χ3v) is 9.38. The fourth-order valence-corrected chi connectivity index (χ4v) is 6.33. The van der Waals surface area contributed by atoms with E-state index in [2.05, 4.69) is 21.3 Å². The molecule has 2 aromatic carbocycles. The Morgan fingerprint density at radius 2 is 1.19 bits per heavy atom. The molecule has 0 bridgehead atoms. The second-order valence-corrected chi connectivity index (χ2v) is 15.0. The lowest BCUT2D eigenvalue weighted by Crippen LogP contribution is -2.59. The van der Waals surface area contributed by atoms with Crippen LogP contribution in [0.1, 0.15) is 65.0 Å². The van der Waals surface area contributed by atoms with E-state index in [1.54, 1.807) is 6.92 Å². The molecule has 0 radical (unpaired) electrons. The van der Waals surface area contributed by atoms with E-state index in [-0.39, 0.29) is 36.5 Å². The van der Waals surface area contributed by atoms with Gasteiger partial charge in [-0.25, -0.2) is 0 Å². The Bertz CT molecular complexity index is 1480. The van der Waals surface area contributed by atoms with Crippen LogP contribution in [0.5, 0.6) is 0 Å². The van der Waals surface area contributed by atoms with Crippen molar-refractivity contribution in [2.45, 2.75) is 96.5 Å². The average Bonchev–Trinajstić information content (AvgIpc) is 3.87. The maximum absolute atomic E-state index is 14.1. The summed E-state index contributed by atoms with van der Waals surface area (Å²) in [5, 5.41) is 11.7. The molecule has 2 fully saturated rings. The van der Waals surface area contributed by atoms with Crippen molar-refractivity contribution < 1.29 is 33.4 Å². The van der Waals surface area contributed by atoms with Gasteiger partial charge in [0.1, 0.15) is 23.7 Å². The van der Waals surface area contributed by atoms with Gasteiger partial charge in [0, 0.05) is 19.5 Å². The second-order valence-electron chi connectivity index (χ2n) is 15.0. The number of nitrogens with zero attached hydrogens (tertiary/aromatic N) is 1. The number of carbonyl (C=O) groups is 5. The van der Waals surface area contributed by atoms with Crippen molar-refractivity contribution in [3.8, 4) is 0 Å². The number of amides is 4. The third-order valence-electron chi connectivity index (χ3n) is 9.38. The molecule has 2 aliphatic rings. The highest BCUT2D eigenvalue weighted by Crippen LogP contribution is 2.29. The Morgan fingerprint density at radius 1 is 0.692 bits per heavy atom. The molecule has 284 valence electrons. The van der Waals surface area contributed by atoms with Gasteiger partial charge in [-0.2, -0.15) is 0 Å². The van der Waals surface area contributed by atoms with Gasteiger partial charge in [-0.05, 0) is 55.6 Å². The minimum absolute atomic E-state index is 0.0171. The van der Waals surface area contributed by atoms with E-state index < -0.39 is 47.5 Å². The molecule has 0 aromatic heterocycles. The van der Waals surface area contributed by atoms with E-state index in [9.17, 15) is 24.0 Å². The number of ketones is 1. The SMILES string of the molecule is CC(C)C[C@@H](NC(=O)[C@H](CCc1ccccc1)NC(=O)CN1CCOCC1)C(=O)N[C@H](Cc1ccccc1)C(=O)N[C@H](CC(C)C)C(=O)[C@@]1(C)CO1. The summed E-state index contributed by atoms with van der Waals surface area (Å²) in [5.74, 6) is -1.83. The fourth-order valence-electron chi connectivity index (χ4n) is 6.33. The molecule has 0 unspecified atom stereocenters. The standard InChI is InChI=1S/C40H57N5O7/c1-27(2)22-32(36(47)40(5)26-52-40)42-39(50)34(24-30-14-10-7-11-15-30)44-38(49)33(23-28(3)4)43-37(48)31(17-16-29-12-8-6-9-13-29)41-35(46)25-45-18-20-51-21-19-45/h6-15,27-28,31-34H,16-26H2,1-5H3,(H,41,46)(H,42,50)(H,43,48)(H,44,49)/t31-,32+,33+,34+,40+/m0/s1. The molecule has 2 heterocycles. The molecule has 4 N–H and O–H groups in total. The minimum Gasteiger partial charge on any atom is -0.379 e. The summed E-state index contributed by atoms with van der Waals surface area (Å²) in [4.78, 5) is 70.5. The van der Waals surface area contributed by atoms with Gasteiger partial charge >= 0.3 is 0 Å². The van der Waals surface area contributed by atoms with Crippen LogP contribution in [0.25, 0.3) is 0 Å². The first kappa shape index (κ1) is 40.6. The number of benzene rings is 2. The van der Waals surface area contributed by atoms with E-state index in [0.717, 1.165) is 11.1 Å². The minimum atomic E-state index is -1.03. The first-order valence-corrected chi connectivity index (χ1v) is 18.6. The van der Waals surface area contributed by atoms with Crippen LogP contribution >= 0.6 is 0 Å². The van der Waals surface area contributed by atoms with Crippen LogP contribution < -0.4 is 21.3 Å². The summed E-state index contributed by atoms with van der Waals surface area (Å²) in [7, 11) is 0. The predicted molar refractivity (Wildman–Crippen MR) is 198 cm³/mol. The molecule has 0 saturated carbocycles. The predicted octanol–water partition coefficient (Wildman–Crippen LogP) is 2.58. The van der Waals surface area contributed by atoms with Crippen molar-refractivity contribution in [1.29, 1.82) is 0 Å². The molecule has 0 spiro atoms. The molecule has 4 rings (SSSR count). The van der Waals surface area contributed by atoms with Crippen molar-refractivity contribution in [2.24, 2.45) is 11.8 Å². The number of nitrogens with one attached hydrogen (secondary N) is 4. The highest BCUT2D eigenvalue weighted by molar-refractivity contribution is 5.98. The smallest absolute Gasteiger partial charge is 0.243 e. The van der Waals surface area contributed by atoms with Crippen molar-refractivity contribution in [3.05, 3.63) is 71.8 Å². The first-order valence-electron chi connectivity index (χ1n) is 18.6. The van der Waals surface area contributed by atoms with Crippen LogP contribution in [0.4, 0.5) is 0 Å². The molecule has 4 amide bonds. The van der Waals surface area contributed by atoms with Crippen molar-refractivity contribution in [2.75, 3.05) is 39.5 Å². The number of ether oxygens (including phenoxy) is 2. The summed E-state index contributed by atoms with van der Waals surface area (Å²) < 4.78 is 10.8. The van der Waals surface area contributed by atoms with Crippen LogP contribution in [0.15, 0.2) is 60.7 Å². The number of rotatable bonds is 20. The van der Waals surface area contributed by atoms with E-state index >= 15 is 0 Å². The highest BCUT2D eigenvalue weighted by Gasteiger charge is 2.50. The Labute approximate surface area is 308 Å². The van der Waals surface area contributed by atoms with Crippen molar-refractivity contribution >= 4 is 29.4 Å². The van der Waals surface area contributed by atoms with E-state index in [0.29, 0.717) is 58.6 Å². The van der Waals surface area contributed by atoms with Gasteiger partial charge in [-0.15, -0.1) is 0 Å². The average molecular weight is 720 g/mol. The van der Waals surface area contributed by atoms with Gasteiger partial charge in [0.25, 0.3) is 0 Å². The third kappa shape index (κ3) is 13.1. The van der Waals surface area contributed by atoms with Crippen molar-refractivity contribution in [3.63, 3.8) is 0 Å². The zero-order chi connectivity index (χ0) is 37.7. The van der Waals surface area contributed by atoms with Crippen LogP contribution in [0.3, 0.4) is 0 Å². The number of hydrogen-bond acceptors (Lipinski definition) is 8. The largest absolute Gasteiger partial charge is 0.379 e. The highest BCUT2D eigenvalue weighted by atomic mass is 16.6. The lowest BCUT2D eigenvalue weighted by Gasteiger charge is -2.29. The summed E-state index contributed by atoms with van der Waals surface area (Å²) in [6.45, 7) is 12.3. The molecular weight excluding hydrogens is 662 g/mol. The Kier molecular flexibility index (Phi) is 15.3. The number of carbonyl (C=O) groups excluding carboxylic acids is 5. The van der Waals surface area contributed by atoms with Gasteiger partial charge in [-0.1, -0.05) is 88.4 Å². The maximum atomic E-state index is 14.1. The number of hydrogen-bond donors (Lipinski definition) is 4. The zero-order valence-corrected chi connectivity index (χ0v) is 31.3. The molecule has 5 atom stereocenters. The number of Topliss-reactive ketones (excluding diaryl/α,β-unsaturated/α-hetero) is 1. The molecule has 0 aliphatic carbocycles. The maximum Gasteiger partial charge on any atom is 0.243 e. The normalized spacial score (nSPS) is 19.6. The Morgan fingerprint density at radius 3 is 1.77 bits per heavy atom. The summed E-state index contributed by atoms with van der Waals surface area (Å²) in [5.41, 5.74) is 0.915. The lowest BCUT2D eigenvalue weighted by atomic mass is 9.93. The number of aryl methyl sites for hydroxylation is 1. The number of morpholine rings is 1. The van der Waals surface area contributed by atoms with Gasteiger partial charge in [0.2, 0.25) is 23.6 Å². The summed E-state index contributed by atoms with van der Waals surface area (Å²) >= 11 is 0. The monoisotopic (exact) mass is 719 g/mol. The van der Waals surface area contributed by atoms with Gasteiger partial charge in [0.05, 0.1) is 32.4 Å². The zero-order valence-electron chi connectivity index (χ0n) is 31.3. The second kappa shape index (κ2) is 19.6.